The molecule has 0 nitrogen and oxygen atoms in total. The Balaban J connectivity index is 1.72. The Morgan fingerprint density at radius 2 is 1.21 bits per heavy atom. The molecule has 19 heavy (non-hydrogen) atoms. The number of unbranched alkanes of at least 4 members (excludes halogenated alkanes) is 2. The molecule has 0 aromatic rings. The summed E-state index contributed by atoms with van der Waals surface area (Å²) in [4.78, 5) is 0. The van der Waals surface area contributed by atoms with Gasteiger partial charge in [-0.2, -0.15) is 0 Å². The van der Waals surface area contributed by atoms with Crippen molar-refractivity contribution in [1.29, 1.82) is 0 Å². The van der Waals surface area contributed by atoms with Crippen LogP contribution in [0.5, 0.6) is 0 Å². The fraction of sp³-hybridized carbons (Fsp3) is 1.00. The molecule has 110 valence electrons. The molecule has 0 aromatic heterocycles. The van der Waals surface area contributed by atoms with Gasteiger partial charge in [0, 0.05) is 0 Å². The summed E-state index contributed by atoms with van der Waals surface area (Å²) in [5, 5.41) is 0. The van der Waals surface area contributed by atoms with Gasteiger partial charge in [0.05, 0.1) is 0 Å². The van der Waals surface area contributed by atoms with E-state index in [1.54, 1.807) is 60.1 Å². The third-order valence-corrected chi connectivity index (χ3v) is 16.5. The van der Waals surface area contributed by atoms with Gasteiger partial charge < -0.3 is 0 Å². The third-order valence-electron chi connectivity index (χ3n) is 6.24. The second-order valence-corrected chi connectivity index (χ2v) is 16.2. The molecular formula is C18H33Sb. The molecule has 0 heterocycles. The van der Waals surface area contributed by atoms with Gasteiger partial charge in [-0.05, 0) is 0 Å². The van der Waals surface area contributed by atoms with Crippen molar-refractivity contribution in [1.82, 2.24) is 0 Å². The first-order chi connectivity index (χ1) is 9.25. The Morgan fingerprint density at radius 3 is 1.58 bits per heavy atom. The van der Waals surface area contributed by atoms with Crippen LogP contribution in [0.25, 0.3) is 0 Å². The monoisotopic (exact) mass is 370 g/mol. The molecule has 0 unspecified atom stereocenters. The summed E-state index contributed by atoms with van der Waals surface area (Å²) in [5.41, 5.74) is 0. The fourth-order valence-electron chi connectivity index (χ4n) is 5.74. The van der Waals surface area contributed by atoms with Crippen molar-refractivity contribution in [2.24, 2.45) is 17.8 Å². The van der Waals surface area contributed by atoms with Crippen molar-refractivity contribution >= 4 is 20.2 Å². The van der Waals surface area contributed by atoms with E-state index in [1.165, 1.54) is 30.6 Å². The Morgan fingerprint density at radius 1 is 0.789 bits per heavy atom. The van der Waals surface area contributed by atoms with Crippen LogP contribution in [0.15, 0.2) is 0 Å². The normalized spacial score (nSPS) is 40.3. The van der Waals surface area contributed by atoms with Gasteiger partial charge >= 0.3 is 128 Å². The van der Waals surface area contributed by atoms with Crippen LogP contribution in [0.2, 0.25) is 12.1 Å². The molecule has 0 N–H and O–H groups in total. The van der Waals surface area contributed by atoms with Crippen molar-refractivity contribution in [3.8, 4) is 0 Å². The molecule has 4 aliphatic carbocycles. The molecule has 4 aliphatic rings. The van der Waals surface area contributed by atoms with Crippen LogP contribution in [-0.2, 0) is 0 Å². The molecule has 0 aliphatic heterocycles. The predicted octanol–water partition coefficient (Wildman–Crippen LogP) is 6.05. The molecule has 4 saturated carbocycles. The Labute approximate surface area is 128 Å². The van der Waals surface area contributed by atoms with Gasteiger partial charge in [-0.1, -0.05) is 0 Å². The number of rotatable bonds is 7. The van der Waals surface area contributed by atoms with Crippen LogP contribution in [0.3, 0.4) is 0 Å². The molecule has 0 aromatic carbocycles. The maximum absolute atomic E-state index is 2.40. The van der Waals surface area contributed by atoms with Gasteiger partial charge in [-0.15, -0.1) is 0 Å². The third kappa shape index (κ3) is 3.04. The van der Waals surface area contributed by atoms with Crippen molar-refractivity contribution in [2.45, 2.75) is 90.2 Å². The first kappa shape index (κ1) is 14.7. The van der Waals surface area contributed by atoms with Crippen molar-refractivity contribution in [2.75, 3.05) is 0 Å². The first-order valence-corrected chi connectivity index (χ1v) is 13.9. The van der Waals surface area contributed by atoms with E-state index in [0.29, 0.717) is 0 Å². The molecule has 4 fully saturated rings. The number of hydrogen-bond donors (Lipinski definition) is 0. The van der Waals surface area contributed by atoms with Gasteiger partial charge in [0.25, 0.3) is 0 Å². The summed E-state index contributed by atoms with van der Waals surface area (Å²) >= 11 is -0.983. The van der Waals surface area contributed by atoms with E-state index < -0.39 is 20.2 Å². The first-order valence-electron chi connectivity index (χ1n) is 9.01. The summed E-state index contributed by atoms with van der Waals surface area (Å²) in [7, 11) is 0. The zero-order valence-electron chi connectivity index (χ0n) is 13.2. The standard InChI is InChI=1S/C10H15.2C4H9.Sb/c1-7-2-9-4-8(1)5-10(3-7)6-9;2*1-3-4-2;/h7-9H,1-6H2;2*1,3-4H2,2H3;. The SMILES string of the molecule is CCC[CH2][Sb]([CH2]CCC)[C]12CC3CC(CC(C3)C1)C2. The molecule has 0 saturated heterocycles. The summed E-state index contributed by atoms with van der Waals surface area (Å²) in [5.74, 6) is 3.55. The van der Waals surface area contributed by atoms with Gasteiger partial charge in [-0.3, -0.25) is 0 Å². The number of hydrogen-bond acceptors (Lipinski definition) is 0. The van der Waals surface area contributed by atoms with E-state index in [4.69, 9.17) is 0 Å². The van der Waals surface area contributed by atoms with Crippen LogP contribution in [-0.4, -0.2) is 20.2 Å². The summed E-state index contributed by atoms with van der Waals surface area (Å²) in [6, 6.07) is 0. The maximum atomic E-state index is 2.40. The molecule has 0 radical (unpaired) electrons. The van der Waals surface area contributed by atoms with Crippen LogP contribution < -0.4 is 0 Å². The van der Waals surface area contributed by atoms with E-state index >= 15 is 0 Å². The molecule has 4 bridgehead atoms. The summed E-state index contributed by atoms with van der Waals surface area (Å²) in [6.45, 7) is 4.80. The van der Waals surface area contributed by atoms with Gasteiger partial charge in [-0.25, -0.2) is 0 Å². The summed E-state index contributed by atoms with van der Waals surface area (Å²) < 4.78 is 4.46. The average molecular weight is 371 g/mol. The van der Waals surface area contributed by atoms with E-state index in [1.807, 2.05) is 0 Å². The second-order valence-electron chi connectivity index (χ2n) is 7.84. The Kier molecular flexibility index (Phi) is 4.88. The predicted molar refractivity (Wildman–Crippen MR) is 86.0 cm³/mol. The second kappa shape index (κ2) is 6.29. The zero-order valence-corrected chi connectivity index (χ0v) is 15.7. The average Bonchev–Trinajstić information content (AvgIpc) is 2.37. The summed E-state index contributed by atoms with van der Waals surface area (Å²) in [6.07, 6.45) is 16.0. The molecule has 4 rings (SSSR count). The molecule has 0 spiro atoms. The molecular weight excluding hydrogens is 338 g/mol. The van der Waals surface area contributed by atoms with E-state index in [9.17, 15) is 0 Å². The van der Waals surface area contributed by atoms with E-state index in [0.717, 1.165) is 3.36 Å². The van der Waals surface area contributed by atoms with Crippen LogP contribution in [0, 0.1) is 17.8 Å². The molecule has 0 amide bonds. The van der Waals surface area contributed by atoms with E-state index in [-0.39, 0.29) is 0 Å². The van der Waals surface area contributed by atoms with Gasteiger partial charge in [0.15, 0.2) is 0 Å². The van der Waals surface area contributed by atoms with Gasteiger partial charge in [0.2, 0.25) is 0 Å². The quantitative estimate of drug-likeness (QED) is 0.478. The van der Waals surface area contributed by atoms with Crippen LogP contribution in [0.1, 0.15) is 78.1 Å². The van der Waals surface area contributed by atoms with Gasteiger partial charge in [0.1, 0.15) is 0 Å². The van der Waals surface area contributed by atoms with Crippen molar-refractivity contribution < 1.29 is 0 Å². The van der Waals surface area contributed by atoms with E-state index in [2.05, 4.69) is 13.8 Å². The molecule has 0 atom stereocenters. The minimum absolute atomic E-state index is 0.983. The topological polar surface area (TPSA) is 0 Å². The zero-order chi connectivity index (χ0) is 13.3. The fourth-order valence-corrected chi connectivity index (χ4v) is 17.5. The minimum atomic E-state index is -0.983. The van der Waals surface area contributed by atoms with Crippen LogP contribution in [0.4, 0.5) is 0 Å². The van der Waals surface area contributed by atoms with Crippen molar-refractivity contribution in [3.05, 3.63) is 0 Å². The Hall–Kier alpha value is 0.818. The van der Waals surface area contributed by atoms with Crippen LogP contribution >= 0.6 is 0 Å². The Bertz CT molecular complexity index is 253. The van der Waals surface area contributed by atoms with Crippen molar-refractivity contribution in [3.63, 3.8) is 0 Å². The molecule has 1 heteroatoms.